The lowest BCUT2D eigenvalue weighted by molar-refractivity contribution is -0.142. The number of carboxylic acid groups (broad SMARTS) is 1. The van der Waals surface area contributed by atoms with Gasteiger partial charge < -0.3 is 20.5 Å². The smallest absolute Gasteiger partial charge is 0.315 e. The molecular formula is C15H28N2O4. The van der Waals surface area contributed by atoms with E-state index in [1.54, 1.807) is 0 Å². The number of urea groups is 1. The summed E-state index contributed by atoms with van der Waals surface area (Å²) in [4.78, 5) is 23.0. The fraction of sp³-hybridized carbons (Fsp3) is 0.867. The van der Waals surface area contributed by atoms with E-state index in [1.165, 1.54) is 0 Å². The second-order valence-electron chi connectivity index (χ2n) is 6.90. The second kappa shape index (κ2) is 7.64. The van der Waals surface area contributed by atoms with Crippen molar-refractivity contribution in [3.8, 4) is 0 Å². The summed E-state index contributed by atoms with van der Waals surface area (Å²) in [5.41, 5.74) is -0.0834. The van der Waals surface area contributed by atoms with Gasteiger partial charge in [0.25, 0.3) is 0 Å². The summed E-state index contributed by atoms with van der Waals surface area (Å²) < 4.78 is 5.42. The summed E-state index contributed by atoms with van der Waals surface area (Å²) in [6.07, 6.45) is 2.42. The van der Waals surface area contributed by atoms with Crippen LogP contribution in [0.2, 0.25) is 0 Å². The number of carboxylic acids is 1. The Hall–Kier alpha value is -1.30. The maximum absolute atomic E-state index is 11.7. The SMILES string of the molecule is CCOC1CC(NC(=O)NCC(CC(C)(C)C)C(=O)O)C1. The first-order valence-electron chi connectivity index (χ1n) is 7.60. The standard InChI is InChI=1S/C15H28N2O4/c1-5-21-12-6-11(7-12)17-14(20)16-9-10(13(18)19)8-15(2,3)4/h10-12H,5-9H2,1-4H3,(H,18,19)(H2,16,17,20). The number of carbonyl (C=O) groups excluding carboxylic acids is 1. The molecule has 1 fully saturated rings. The highest BCUT2D eigenvalue weighted by molar-refractivity contribution is 5.76. The molecule has 122 valence electrons. The average molecular weight is 300 g/mol. The van der Waals surface area contributed by atoms with Crippen LogP contribution in [0, 0.1) is 11.3 Å². The maximum atomic E-state index is 11.7. The molecule has 1 aliphatic rings. The van der Waals surface area contributed by atoms with Crippen LogP contribution in [0.3, 0.4) is 0 Å². The van der Waals surface area contributed by atoms with Crippen molar-refractivity contribution >= 4 is 12.0 Å². The maximum Gasteiger partial charge on any atom is 0.315 e. The Labute approximate surface area is 126 Å². The van der Waals surface area contributed by atoms with Crippen molar-refractivity contribution in [3.05, 3.63) is 0 Å². The molecule has 0 aliphatic heterocycles. The lowest BCUT2D eigenvalue weighted by Crippen LogP contribution is -2.51. The van der Waals surface area contributed by atoms with Crippen LogP contribution >= 0.6 is 0 Å². The van der Waals surface area contributed by atoms with Crippen LogP contribution in [0.15, 0.2) is 0 Å². The molecule has 21 heavy (non-hydrogen) atoms. The van der Waals surface area contributed by atoms with Crippen LogP contribution in [0.1, 0.15) is 47.0 Å². The Morgan fingerprint density at radius 3 is 2.43 bits per heavy atom. The Kier molecular flexibility index (Phi) is 6.45. The van der Waals surface area contributed by atoms with E-state index < -0.39 is 11.9 Å². The predicted octanol–water partition coefficient (Wildman–Crippen LogP) is 1.99. The fourth-order valence-corrected chi connectivity index (χ4v) is 2.49. The van der Waals surface area contributed by atoms with Crippen LogP contribution in [0.4, 0.5) is 4.79 Å². The van der Waals surface area contributed by atoms with Gasteiger partial charge in [-0.2, -0.15) is 0 Å². The van der Waals surface area contributed by atoms with Crippen LogP contribution in [-0.2, 0) is 9.53 Å². The number of hydrogen-bond acceptors (Lipinski definition) is 3. The van der Waals surface area contributed by atoms with E-state index in [4.69, 9.17) is 4.74 Å². The van der Waals surface area contributed by atoms with Crippen molar-refractivity contribution in [3.63, 3.8) is 0 Å². The van der Waals surface area contributed by atoms with Crippen LogP contribution in [0.25, 0.3) is 0 Å². The van der Waals surface area contributed by atoms with Crippen LogP contribution in [-0.4, -0.2) is 42.4 Å². The zero-order valence-electron chi connectivity index (χ0n) is 13.4. The molecule has 1 rings (SSSR count). The van der Waals surface area contributed by atoms with E-state index >= 15 is 0 Å². The molecule has 0 aromatic heterocycles. The second-order valence-corrected chi connectivity index (χ2v) is 6.90. The number of ether oxygens (including phenoxy) is 1. The number of rotatable bonds is 7. The van der Waals surface area contributed by atoms with Gasteiger partial charge in [0.15, 0.2) is 0 Å². The summed E-state index contributed by atoms with van der Waals surface area (Å²) in [7, 11) is 0. The molecule has 1 unspecified atom stereocenters. The first kappa shape index (κ1) is 17.8. The molecular weight excluding hydrogens is 272 g/mol. The minimum Gasteiger partial charge on any atom is -0.481 e. The van der Waals surface area contributed by atoms with Crippen molar-refractivity contribution in [1.29, 1.82) is 0 Å². The molecule has 0 aromatic carbocycles. The lowest BCUT2D eigenvalue weighted by Gasteiger charge is -2.35. The Morgan fingerprint density at radius 1 is 1.33 bits per heavy atom. The van der Waals surface area contributed by atoms with Crippen molar-refractivity contribution in [2.45, 2.75) is 59.1 Å². The summed E-state index contributed by atoms with van der Waals surface area (Å²) in [6.45, 7) is 8.77. The van der Waals surface area contributed by atoms with E-state index in [9.17, 15) is 14.7 Å². The molecule has 6 heteroatoms. The van der Waals surface area contributed by atoms with Crippen molar-refractivity contribution < 1.29 is 19.4 Å². The predicted molar refractivity (Wildman–Crippen MR) is 80.2 cm³/mol. The topological polar surface area (TPSA) is 87.7 Å². The molecule has 1 saturated carbocycles. The third kappa shape index (κ3) is 6.80. The Balaban J connectivity index is 2.26. The minimum absolute atomic E-state index is 0.0834. The summed E-state index contributed by atoms with van der Waals surface area (Å²) >= 11 is 0. The molecule has 0 aromatic rings. The molecule has 6 nitrogen and oxygen atoms in total. The molecule has 1 atom stereocenters. The summed E-state index contributed by atoms with van der Waals surface area (Å²) in [6, 6.07) is -0.164. The van der Waals surface area contributed by atoms with Crippen molar-refractivity contribution in [2.24, 2.45) is 11.3 Å². The van der Waals surface area contributed by atoms with Crippen LogP contribution in [0.5, 0.6) is 0 Å². The molecule has 0 saturated heterocycles. The zero-order chi connectivity index (χ0) is 16.0. The molecule has 3 N–H and O–H groups in total. The third-order valence-corrected chi connectivity index (χ3v) is 3.55. The largest absolute Gasteiger partial charge is 0.481 e. The first-order valence-corrected chi connectivity index (χ1v) is 7.60. The van der Waals surface area contributed by atoms with Crippen molar-refractivity contribution in [1.82, 2.24) is 10.6 Å². The van der Waals surface area contributed by atoms with E-state index in [2.05, 4.69) is 10.6 Å². The molecule has 2 amide bonds. The molecule has 0 heterocycles. The van der Waals surface area contributed by atoms with E-state index in [-0.39, 0.29) is 30.1 Å². The number of nitrogens with one attached hydrogen (secondary N) is 2. The monoisotopic (exact) mass is 300 g/mol. The molecule has 0 radical (unpaired) electrons. The van der Waals surface area contributed by atoms with Gasteiger partial charge in [0.2, 0.25) is 0 Å². The van der Waals surface area contributed by atoms with Gasteiger partial charge in [0.05, 0.1) is 12.0 Å². The highest BCUT2D eigenvalue weighted by Crippen LogP contribution is 2.25. The van der Waals surface area contributed by atoms with E-state index in [0.29, 0.717) is 13.0 Å². The quantitative estimate of drug-likeness (QED) is 0.671. The molecule has 0 spiro atoms. The number of carbonyl (C=O) groups is 2. The van der Waals surface area contributed by atoms with Gasteiger partial charge >= 0.3 is 12.0 Å². The number of hydrogen-bond donors (Lipinski definition) is 3. The van der Waals surface area contributed by atoms with Gasteiger partial charge in [-0.05, 0) is 31.6 Å². The van der Waals surface area contributed by atoms with Gasteiger partial charge in [-0.1, -0.05) is 20.8 Å². The normalized spacial score (nSPS) is 23.0. The summed E-state index contributed by atoms with van der Waals surface area (Å²) in [5, 5.41) is 14.7. The van der Waals surface area contributed by atoms with Crippen LogP contribution < -0.4 is 10.6 Å². The molecule has 0 bridgehead atoms. The Morgan fingerprint density at radius 2 is 1.95 bits per heavy atom. The number of aliphatic carboxylic acids is 1. The fourth-order valence-electron chi connectivity index (χ4n) is 2.49. The third-order valence-electron chi connectivity index (χ3n) is 3.55. The Bertz CT molecular complexity index is 359. The van der Waals surface area contributed by atoms with Gasteiger partial charge in [-0.3, -0.25) is 4.79 Å². The first-order chi connectivity index (χ1) is 9.71. The van der Waals surface area contributed by atoms with E-state index in [1.807, 2.05) is 27.7 Å². The van der Waals surface area contributed by atoms with Gasteiger partial charge in [-0.15, -0.1) is 0 Å². The summed E-state index contributed by atoms with van der Waals surface area (Å²) in [5.74, 6) is -1.43. The minimum atomic E-state index is -0.870. The highest BCUT2D eigenvalue weighted by atomic mass is 16.5. The van der Waals surface area contributed by atoms with Gasteiger partial charge in [0.1, 0.15) is 0 Å². The van der Waals surface area contributed by atoms with Gasteiger partial charge in [-0.25, -0.2) is 4.79 Å². The lowest BCUT2D eigenvalue weighted by atomic mass is 9.84. The highest BCUT2D eigenvalue weighted by Gasteiger charge is 2.31. The van der Waals surface area contributed by atoms with Crippen molar-refractivity contribution in [2.75, 3.05) is 13.2 Å². The zero-order valence-corrected chi connectivity index (χ0v) is 13.4. The number of amides is 2. The van der Waals surface area contributed by atoms with Gasteiger partial charge in [0, 0.05) is 19.2 Å². The molecule has 1 aliphatic carbocycles. The van der Waals surface area contributed by atoms with E-state index in [0.717, 1.165) is 12.8 Å². The average Bonchev–Trinajstić information content (AvgIpc) is 2.30.